The highest BCUT2D eigenvalue weighted by Gasteiger charge is 2.15. The van der Waals surface area contributed by atoms with Crippen molar-refractivity contribution in [3.8, 4) is 0 Å². The summed E-state index contributed by atoms with van der Waals surface area (Å²) in [5.41, 5.74) is 1.59. The van der Waals surface area contributed by atoms with E-state index < -0.39 is 0 Å². The van der Waals surface area contributed by atoms with Crippen molar-refractivity contribution in [2.24, 2.45) is 23.7 Å². The molecule has 5 atom stereocenters. The number of ether oxygens (including phenoxy) is 4. The van der Waals surface area contributed by atoms with Gasteiger partial charge in [-0.3, -0.25) is 0 Å². The van der Waals surface area contributed by atoms with Crippen molar-refractivity contribution in [2.45, 2.75) is 119 Å². The third kappa shape index (κ3) is 15.4. The standard InChI is InChI=1S/C8H14.2C7H14O.C6H12O2/c1-7-3-5-8(2)6-4-7;2*1-6-3-4-7(2)8-5-6;1-5-3-7-6(2)8-4-5/h3,8H,4-6H2,1-2H3;2*6-7H,3-5H2,1-2H3;5-6H,3-4H2,1-2H3. The summed E-state index contributed by atoms with van der Waals surface area (Å²) in [5, 5.41) is 0. The van der Waals surface area contributed by atoms with Crippen molar-refractivity contribution in [1.82, 2.24) is 0 Å². The Balaban J connectivity index is 0.000000213. The van der Waals surface area contributed by atoms with Crippen LogP contribution < -0.4 is 0 Å². The molecule has 190 valence electrons. The Kier molecular flexibility index (Phi) is 15.8. The number of allylic oxidation sites excluding steroid dienone is 2. The molecule has 0 saturated carbocycles. The van der Waals surface area contributed by atoms with E-state index >= 15 is 0 Å². The molecule has 3 heterocycles. The minimum Gasteiger partial charge on any atom is -0.378 e. The number of rotatable bonds is 0. The highest BCUT2D eigenvalue weighted by molar-refractivity contribution is 5.01. The van der Waals surface area contributed by atoms with Crippen LogP contribution in [0.1, 0.15) is 100 Å². The molecule has 0 aromatic heterocycles. The van der Waals surface area contributed by atoms with Gasteiger partial charge in [0.05, 0.1) is 25.4 Å². The van der Waals surface area contributed by atoms with E-state index in [-0.39, 0.29) is 6.29 Å². The van der Waals surface area contributed by atoms with Gasteiger partial charge in [0.2, 0.25) is 0 Å². The molecule has 32 heavy (non-hydrogen) atoms. The van der Waals surface area contributed by atoms with Crippen LogP contribution in [0.2, 0.25) is 0 Å². The normalized spacial score (nSPS) is 37.2. The van der Waals surface area contributed by atoms with E-state index in [1.54, 1.807) is 5.57 Å². The van der Waals surface area contributed by atoms with Gasteiger partial charge in [0.25, 0.3) is 0 Å². The van der Waals surface area contributed by atoms with Gasteiger partial charge in [-0.1, -0.05) is 39.3 Å². The Labute approximate surface area is 199 Å². The lowest BCUT2D eigenvalue weighted by molar-refractivity contribution is -0.187. The Bertz CT molecular complexity index is 390. The van der Waals surface area contributed by atoms with E-state index in [0.29, 0.717) is 18.1 Å². The zero-order chi connectivity index (χ0) is 23.9. The van der Waals surface area contributed by atoms with Crippen molar-refractivity contribution >= 4 is 0 Å². The molecule has 0 spiro atoms. The Morgan fingerprint density at radius 1 is 0.562 bits per heavy atom. The summed E-state index contributed by atoms with van der Waals surface area (Å²) in [5.74, 6) is 3.11. The van der Waals surface area contributed by atoms with Gasteiger partial charge in [-0.25, -0.2) is 0 Å². The van der Waals surface area contributed by atoms with Crippen LogP contribution in [0.5, 0.6) is 0 Å². The molecule has 3 fully saturated rings. The molecule has 3 aliphatic heterocycles. The molecular formula is C28H54O4. The highest BCUT2D eigenvalue weighted by Crippen LogP contribution is 2.21. The fourth-order valence-electron chi connectivity index (χ4n) is 3.82. The summed E-state index contributed by atoms with van der Waals surface area (Å²) >= 11 is 0. The van der Waals surface area contributed by atoms with Crippen molar-refractivity contribution in [2.75, 3.05) is 26.4 Å². The first kappa shape index (κ1) is 29.6. The van der Waals surface area contributed by atoms with Crippen LogP contribution in [0.25, 0.3) is 0 Å². The van der Waals surface area contributed by atoms with E-state index in [1.165, 1.54) is 44.9 Å². The number of hydrogen-bond donors (Lipinski definition) is 0. The van der Waals surface area contributed by atoms with Crippen molar-refractivity contribution in [1.29, 1.82) is 0 Å². The van der Waals surface area contributed by atoms with Crippen LogP contribution in [0.4, 0.5) is 0 Å². The maximum Gasteiger partial charge on any atom is 0.154 e. The van der Waals surface area contributed by atoms with Crippen molar-refractivity contribution in [3.05, 3.63) is 11.6 Å². The quantitative estimate of drug-likeness (QED) is 0.357. The summed E-state index contributed by atoms with van der Waals surface area (Å²) in [7, 11) is 0. The topological polar surface area (TPSA) is 36.9 Å². The lowest BCUT2D eigenvalue weighted by Crippen LogP contribution is -2.27. The third-order valence-corrected chi connectivity index (χ3v) is 6.59. The zero-order valence-electron chi connectivity index (χ0n) is 22.5. The second-order valence-electron chi connectivity index (χ2n) is 10.9. The summed E-state index contributed by atoms with van der Waals surface area (Å²) in [6, 6.07) is 0. The van der Waals surface area contributed by atoms with Crippen LogP contribution in [-0.2, 0) is 18.9 Å². The van der Waals surface area contributed by atoms with Crippen LogP contribution in [0.3, 0.4) is 0 Å². The molecule has 5 unspecified atom stereocenters. The molecule has 0 bridgehead atoms. The predicted molar refractivity (Wildman–Crippen MR) is 135 cm³/mol. The molecule has 1 aliphatic carbocycles. The number of hydrogen-bond acceptors (Lipinski definition) is 4. The molecule has 0 radical (unpaired) electrons. The predicted octanol–water partition coefficient (Wildman–Crippen LogP) is 7.41. The second-order valence-corrected chi connectivity index (χ2v) is 10.9. The van der Waals surface area contributed by atoms with E-state index in [1.807, 2.05) is 6.92 Å². The fourth-order valence-corrected chi connectivity index (χ4v) is 3.82. The molecule has 0 amide bonds. The zero-order valence-corrected chi connectivity index (χ0v) is 22.5. The molecule has 4 aliphatic rings. The lowest BCUT2D eigenvalue weighted by Gasteiger charge is -2.24. The average molecular weight is 455 g/mol. The van der Waals surface area contributed by atoms with Crippen LogP contribution in [0.15, 0.2) is 11.6 Å². The minimum atomic E-state index is 0.0196. The van der Waals surface area contributed by atoms with Gasteiger partial charge in [-0.05, 0) is 90.4 Å². The average Bonchev–Trinajstić information content (AvgIpc) is 2.78. The van der Waals surface area contributed by atoms with Crippen LogP contribution >= 0.6 is 0 Å². The molecule has 4 heteroatoms. The first-order valence-corrected chi connectivity index (χ1v) is 13.3. The van der Waals surface area contributed by atoms with Gasteiger partial charge in [-0.15, -0.1) is 0 Å². The van der Waals surface area contributed by atoms with Gasteiger partial charge in [0, 0.05) is 19.1 Å². The first-order valence-electron chi connectivity index (χ1n) is 13.3. The lowest BCUT2D eigenvalue weighted by atomic mass is 9.92. The summed E-state index contributed by atoms with van der Waals surface area (Å²) in [4.78, 5) is 0. The third-order valence-electron chi connectivity index (χ3n) is 6.59. The Morgan fingerprint density at radius 3 is 1.31 bits per heavy atom. The van der Waals surface area contributed by atoms with Gasteiger partial charge in [0.15, 0.2) is 6.29 Å². The Morgan fingerprint density at radius 2 is 1.03 bits per heavy atom. The van der Waals surface area contributed by atoms with E-state index in [4.69, 9.17) is 18.9 Å². The van der Waals surface area contributed by atoms with Gasteiger partial charge >= 0.3 is 0 Å². The monoisotopic (exact) mass is 454 g/mol. The molecule has 4 nitrogen and oxygen atoms in total. The van der Waals surface area contributed by atoms with Gasteiger partial charge in [0.1, 0.15) is 0 Å². The molecule has 0 aromatic carbocycles. The summed E-state index contributed by atoms with van der Waals surface area (Å²) in [6.45, 7) is 21.0. The van der Waals surface area contributed by atoms with Crippen LogP contribution in [-0.4, -0.2) is 44.9 Å². The van der Waals surface area contributed by atoms with Crippen molar-refractivity contribution in [3.63, 3.8) is 0 Å². The van der Waals surface area contributed by atoms with Gasteiger partial charge < -0.3 is 18.9 Å². The molecule has 4 rings (SSSR count). The van der Waals surface area contributed by atoms with E-state index in [2.05, 4.69) is 54.5 Å². The molecular weight excluding hydrogens is 400 g/mol. The largest absolute Gasteiger partial charge is 0.378 e. The molecule has 0 aromatic rings. The van der Waals surface area contributed by atoms with Crippen LogP contribution in [0, 0.1) is 23.7 Å². The molecule has 0 N–H and O–H groups in total. The van der Waals surface area contributed by atoms with E-state index in [0.717, 1.165) is 44.2 Å². The molecule has 3 saturated heterocycles. The van der Waals surface area contributed by atoms with E-state index in [9.17, 15) is 0 Å². The fraction of sp³-hybridized carbons (Fsp3) is 0.929. The highest BCUT2D eigenvalue weighted by atomic mass is 16.7. The SMILES string of the molecule is CC1=CCC(C)CC1.CC1CCC(C)OC1.CC1CCC(C)OC1.CC1COC(C)OC1. The minimum absolute atomic E-state index is 0.0196. The van der Waals surface area contributed by atoms with Crippen molar-refractivity contribution < 1.29 is 18.9 Å². The first-order chi connectivity index (χ1) is 15.2. The maximum atomic E-state index is 5.39. The summed E-state index contributed by atoms with van der Waals surface area (Å²) < 4.78 is 21.1. The Hall–Kier alpha value is -0.420. The maximum absolute atomic E-state index is 5.39. The second kappa shape index (κ2) is 17.1. The van der Waals surface area contributed by atoms with Gasteiger partial charge in [-0.2, -0.15) is 0 Å². The summed E-state index contributed by atoms with van der Waals surface area (Å²) in [6.07, 6.45) is 12.7. The smallest absolute Gasteiger partial charge is 0.154 e.